The summed E-state index contributed by atoms with van der Waals surface area (Å²) in [7, 11) is 0. The molecule has 1 fully saturated rings. The van der Waals surface area contributed by atoms with Crippen molar-refractivity contribution < 1.29 is 9.52 Å². The lowest BCUT2D eigenvalue weighted by atomic mass is 10.1. The molecule has 1 atom stereocenters. The molecule has 1 aromatic carbocycles. The van der Waals surface area contributed by atoms with Gasteiger partial charge in [0.25, 0.3) is 0 Å². The Morgan fingerprint density at radius 2 is 2.15 bits per heavy atom. The van der Waals surface area contributed by atoms with Gasteiger partial charge in [0.2, 0.25) is 5.89 Å². The molecule has 106 valence electrons. The van der Waals surface area contributed by atoms with Crippen LogP contribution in [0.1, 0.15) is 24.1 Å². The summed E-state index contributed by atoms with van der Waals surface area (Å²) >= 11 is 0. The third-order valence-electron chi connectivity index (χ3n) is 3.93. The average molecular weight is 272 g/mol. The minimum absolute atomic E-state index is 0.225. The first kappa shape index (κ1) is 13.3. The number of oxazole rings is 1. The average Bonchev–Trinajstić information content (AvgIpc) is 3.09. The molecule has 3 rings (SSSR count). The third kappa shape index (κ3) is 2.76. The second-order valence-electron chi connectivity index (χ2n) is 5.46. The number of hydrogen-bond donors (Lipinski definition) is 1. The monoisotopic (exact) mass is 272 g/mol. The predicted octanol–water partition coefficient (Wildman–Crippen LogP) is 2.61. The Morgan fingerprint density at radius 3 is 2.90 bits per heavy atom. The van der Waals surface area contributed by atoms with Gasteiger partial charge in [-0.15, -0.1) is 0 Å². The molecule has 0 spiro atoms. The van der Waals surface area contributed by atoms with E-state index in [0.29, 0.717) is 5.89 Å². The Hall–Kier alpha value is -1.65. The van der Waals surface area contributed by atoms with Gasteiger partial charge in [0.1, 0.15) is 6.26 Å². The largest absolute Gasteiger partial charge is 0.444 e. The van der Waals surface area contributed by atoms with E-state index >= 15 is 0 Å². The van der Waals surface area contributed by atoms with Gasteiger partial charge in [0, 0.05) is 18.2 Å². The van der Waals surface area contributed by atoms with Crippen LogP contribution in [0.15, 0.2) is 34.9 Å². The quantitative estimate of drug-likeness (QED) is 0.929. The molecule has 2 heterocycles. The van der Waals surface area contributed by atoms with Crippen LogP contribution in [-0.4, -0.2) is 34.2 Å². The molecular weight excluding hydrogens is 252 g/mol. The van der Waals surface area contributed by atoms with Crippen molar-refractivity contribution in [1.82, 2.24) is 9.88 Å². The molecule has 0 saturated carbocycles. The maximum absolute atomic E-state index is 9.34. The molecule has 2 aromatic rings. The van der Waals surface area contributed by atoms with E-state index in [-0.39, 0.29) is 12.6 Å². The van der Waals surface area contributed by atoms with Gasteiger partial charge >= 0.3 is 0 Å². The van der Waals surface area contributed by atoms with E-state index in [1.807, 2.05) is 12.1 Å². The lowest BCUT2D eigenvalue weighted by Gasteiger charge is -2.20. The second-order valence-corrected chi connectivity index (χ2v) is 5.46. The number of aromatic nitrogens is 1. The fraction of sp³-hybridized carbons (Fsp3) is 0.438. The third-order valence-corrected chi connectivity index (χ3v) is 3.93. The zero-order valence-electron chi connectivity index (χ0n) is 11.7. The molecule has 4 heteroatoms. The number of nitrogens with zero attached hydrogens (tertiary/aromatic N) is 2. The first-order valence-corrected chi connectivity index (χ1v) is 7.12. The molecule has 1 aromatic heterocycles. The molecule has 20 heavy (non-hydrogen) atoms. The van der Waals surface area contributed by atoms with Crippen molar-refractivity contribution in [3.05, 3.63) is 41.8 Å². The summed E-state index contributed by atoms with van der Waals surface area (Å²) < 4.78 is 5.57. The summed E-state index contributed by atoms with van der Waals surface area (Å²) in [5, 5.41) is 9.34. The van der Waals surface area contributed by atoms with Crippen molar-refractivity contribution >= 4 is 0 Å². The number of aliphatic hydroxyl groups excluding tert-OH is 1. The van der Waals surface area contributed by atoms with Crippen LogP contribution in [-0.2, 0) is 6.54 Å². The summed E-state index contributed by atoms with van der Waals surface area (Å²) in [4.78, 5) is 6.83. The molecule has 1 saturated heterocycles. The van der Waals surface area contributed by atoms with Crippen molar-refractivity contribution in [2.45, 2.75) is 32.4 Å². The molecule has 4 nitrogen and oxygen atoms in total. The van der Waals surface area contributed by atoms with Crippen LogP contribution in [0.4, 0.5) is 0 Å². The number of aliphatic hydroxyl groups is 1. The smallest absolute Gasteiger partial charge is 0.226 e. The highest BCUT2D eigenvalue weighted by atomic mass is 16.3. The van der Waals surface area contributed by atoms with E-state index in [4.69, 9.17) is 4.42 Å². The van der Waals surface area contributed by atoms with E-state index in [2.05, 4.69) is 28.9 Å². The molecular formula is C16H20N2O2. The zero-order valence-corrected chi connectivity index (χ0v) is 11.7. The molecule has 0 radical (unpaired) electrons. The highest BCUT2D eigenvalue weighted by molar-refractivity contribution is 5.53. The van der Waals surface area contributed by atoms with E-state index < -0.39 is 0 Å². The Bertz CT molecular complexity index is 562. The summed E-state index contributed by atoms with van der Waals surface area (Å²) in [6.07, 6.45) is 3.94. The number of benzene rings is 1. The second kappa shape index (κ2) is 5.77. The van der Waals surface area contributed by atoms with Crippen LogP contribution in [0.3, 0.4) is 0 Å². The predicted molar refractivity (Wildman–Crippen MR) is 77.2 cm³/mol. The van der Waals surface area contributed by atoms with Crippen molar-refractivity contribution in [3.63, 3.8) is 0 Å². The van der Waals surface area contributed by atoms with Gasteiger partial charge in [0.05, 0.1) is 12.3 Å². The first-order chi connectivity index (χ1) is 9.76. The fourth-order valence-electron chi connectivity index (χ4n) is 2.73. The normalized spacial score (nSPS) is 19.6. The Morgan fingerprint density at radius 1 is 1.35 bits per heavy atom. The molecule has 1 aliphatic rings. The summed E-state index contributed by atoms with van der Waals surface area (Å²) in [6, 6.07) is 8.44. The van der Waals surface area contributed by atoms with Crippen LogP contribution < -0.4 is 0 Å². The standard InChI is InChI=1S/C16H20N2O2/c1-12-4-6-13(7-5-12)16-17-14(11-20-16)9-18-8-2-3-15(18)10-19/h4-7,11,15,19H,2-3,8-10H2,1H3/t15-/m1/s1. The fourth-order valence-corrected chi connectivity index (χ4v) is 2.73. The van der Waals surface area contributed by atoms with Crippen molar-refractivity contribution in [2.24, 2.45) is 0 Å². The minimum Gasteiger partial charge on any atom is -0.444 e. The van der Waals surface area contributed by atoms with Crippen molar-refractivity contribution in [1.29, 1.82) is 0 Å². The van der Waals surface area contributed by atoms with E-state index in [1.54, 1.807) is 6.26 Å². The SMILES string of the molecule is Cc1ccc(-c2nc(CN3CCC[C@@H]3CO)co2)cc1. The zero-order chi connectivity index (χ0) is 13.9. The van der Waals surface area contributed by atoms with Crippen LogP contribution in [0.5, 0.6) is 0 Å². The molecule has 1 N–H and O–H groups in total. The minimum atomic E-state index is 0.225. The van der Waals surface area contributed by atoms with Crippen LogP contribution in [0.2, 0.25) is 0 Å². The van der Waals surface area contributed by atoms with Crippen molar-refractivity contribution in [3.8, 4) is 11.5 Å². The Kier molecular flexibility index (Phi) is 3.85. The van der Waals surface area contributed by atoms with Gasteiger partial charge in [0.15, 0.2) is 0 Å². The lowest BCUT2D eigenvalue weighted by Crippen LogP contribution is -2.31. The molecule has 0 unspecified atom stereocenters. The molecule has 0 aliphatic carbocycles. The number of rotatable bonds is 4. The van der Waals surface area contributed by atoms with E-state index in [1.165, 1.54) is 5.56 Å². The van der Waals surface area contributed by atoms with Gasteiger partial charge < -0.3 is 9.52 Å². The number of likely N-dealkylation sites (tertiary alicyclic amines) is 1. The summed E-state index contributed by atoms with van der Waals surface area (Å²) in [6.45, 7) is 4.06. The maximum atomic E-state index is 9.34. The Labute approximate surface area is 119 Å². The van der Waals surface area contributed by atoms with Gasteiger partial charge in [-0.2, -0.15) is 0 Å². The topological polar surface area (TPSA) is 49.5 Å². The van der Waals surface area contributed by atoms with Crippen LogP contribution in [0, 0.1) is 6.92 Å². The number of hydrogen-bond acceptors (Lipinski definition) is 4. The van der Waals surface area contributed by atoms with Crippen molar-refractivity contribution in [2.75, 3.05) is 13.2 Å². The molecule has 1 aliphatic heterocycles. The van der Waals surface area contributed by atoms with Gasteiger partial charge in [-0.05, 0) is 38.4 Å². The Balaban J connectivity index is 1.72. The lowest BCUT2D eigenvalue weighted by molar-refractivity contribution is 0.152. The highest BCUT2D eigenvalue weighted by Crippen LogP contribution is 2.22. The first-order valence-electron chi connectivity index (χ1n) is 7.12. The highest BCUT2D eigenvalue weighted by Gasteiger charge is 2.24. The van der Waals surface area contributed by atoms with Gasteiger partial charge in [-0.1, -0.05) is 17.7 Å². The van der Waals surface area contributed by atoms with Gasteiger partial charge in [-0.3, -0.25) is 4.90 Å². The van der Waals surface area contributed by atoms with E-state index in [9.17, 15) is 5.11 Å². The summed E-state index contributed by atoms with van der Waals surface area (Å²) in [5.41, 5.74) is 3.16. The van der Waals surface area contributed by atoms with Crippen LogP contribution >= 0.6 is 0 Å². The number of aryl methyl sites for hydroxylation is 1. The molecule has 0 amide bonds. The van der Waals surface area contributed by atoms with Gasteiger partial charge in [-0.25, -0.2) is 4.98 Å². The van der Waals surface area contributed by atoms with Crippen LogP contribution in [0.25, 0.3) is 11.5 Å². The molecule has 0 bridgehead atoms. The summed E-state index contributed by atoms with van der Waals surface area (Å²) in [5.74, 6) is 0.666. The van der Waals surface area contributed by atoms with E-state index in [0.717, 1.165) is 37.2 Å². The maximum Gasteiger partial charge on any atom is 0.226 e.